The van der Waals surface area contributed by atoms with Gasteiger partial charge in [-0.25, -0.2) is 0 Å². The molecule has 2 bridgehead atoms. The normalized spacial score (nSPS) is 22.0. The molecule has 1 saturated carbocycles. The Hall–Kier alpha value is -2.49. The SMILES string of the molecule is Cc1ccc(NC(=O)C2C=C3CC2C3)cc1-c1cccnn1.[HH]. The Morgan fingerprint density at radius 2 is 2.18 bits per heavy atom. The summed E-state index contributed by atoms with van der Waals surface area (Å²) in [5, 5.41) is 11.1. The smallest absolute Gasteiger partial charge is 0.231 e. The summed E-state index contributed by atoms with van der Waals surface area (Å²) >= 11 is 0. The van der Waals surface area contributed by atoms with E-state index in [0.717, 1.165) is 35.3 Å². The molecule has 3 aliphatic carbocycles. The highest BCUT2D eigenvalue weighted by Gasteiger charge is 2.40. The fourth-order valence-electron chi connectivity index (χ4n) is 3.33. The van der Waals surface area contributed by atoms with Crippen LogP contribution in [0.15, 0.2) is 48.2 Å². The molecule has 1 fully saturated rings. The summed E-state index contributed by atoms with van der Waals surface area (Å²) in [4.78, 5) is 12.4. The molecule has 1 N–H and O–H groups in total. The van der Waals surface area contributed by atoms with Gasteiger partial charge in [0.2, 0.25) is 5.91 Å². The summed E-state index contributed by atoms with van der Waals surface area (Å²) in [7, 11) is 0. The first-order valence-corrected chi connectivity index (χ1v) is 7.60. The maximum absolute atomic E-state index is 12.4. The molecule has 3 aliphatic rings. The van der Waals surface area contributed by atoms with Crippen molar-refractivity contribution in [3.63, 3.8) is 0 Å². The van der Waals surface area contributed by atoms with Crippen molar-refractivity contribution in [1.82, 2.24) is 10.2 Å². The first-order valence-electron chi connectivity index (χ1n) is 7.60. The van der Waals surface area contributed by atoms with Gasteiger partial charge in [-0.2, -0.15) is 10.2 Å². The molecule has 0 aliphatic heterocycles. The van der Waals surface area contributed by atoms with Crippen molar-refractivity contribution in [3.05, 3.63) is 53.7 Å². The second-order valence-corrected chi connectivity index (χ2v) is 6.15. The molecular weight excluding hydrogens is 274 g/mol. The molecule has 22 heavy (non-hydrogen) atoms. The molecule has 1 heterocycles. The van der Waals surface area contributed by atoms with Gasteiger partial charge in [-0.15, -0.1) is 0 Å². The number of amides is 1. The van der Waals surface area contributed by atoms with Crippen LogP contribution in [-0.4, -0.2) is 16.1 Å². The molecule has 1 amide bonds. The van der Waals surface area contributed by atoms with Crippen LogP contribution in [0.5, 0.6) is 0 Å². The van der Waals surface area contributed by atoms with E-state index in [9.17, 15) is 4.79 Å². The predicted octanol–water partition coefficient (Wildman–Crippen LogP) is 3.60. The molecule has 0 saturated heterocycles. The summed E-state index contributed by atoms with van der Waals surface area (Å²) < 4.78 is 0. The molecule has 4 nitrogen and oxygen atoms in total. The lowest BCUT2D eigenvalue weighted by Crippen LogP contribution is -2.26. The number of hydrogen-bond donors (Lipinski definition) is 1. The molecule has 1 aromatic carbocycles. The average molecular weight is 293 g/mol. The minimum absolute atomic E-state index is 0. The number of benzene rings is 1. The molecule has 1 unspecified atom stereocenters. The Balaban J connectivity index is 0.00000156. The van der Waals surface area contributed by atoms with Gasteiger partial charge in [0.05, 0.1) is 11.6 Å². The first-order chi connectivity index (χ1) is 10.7. The van der Waals surface area contributed by atoms with E-state index >= 15 is 0 Å². The Bertz CT molecular complexity index is 765. The van der Waals surface area contributed by atoms with E-state index in [1.54, 1.807) is 6.20 Å². The summed E-state index contributed by atoms with van der Waals surface area (Å²) in [5.74, 6) is 0.683. The second-order valence-electron chi connectivity index (χ2n) is 6.15. The van der Waals surface area contributed by atoms with Crippen LogP contribution in [0.25, 0.3) is 11.3 Å². The Morgan fingerprint density at radius 3 is 2.86 bits per heavy atom. The lowest BCUT2D eigenvalue weighted by atomic mass is 9.82. The van der Waals surface area contributed by atoms with Crippen molar-refractivity contribution in [2.45, 2.75) is 19.8 Å². The van der Waals surface area contributed by atoms with Crippen molar-refractivity contribution in [1.29, 1.82) is 0 Å². The van der Waals surface area contributed by atoms with Gasteiger partial charge in [0, 0.05) is 18.9 Å². The third-order valence-corrected chi connectivity index (χ3v) is 4.63. The van der Waals surface area contributed by atoms with Gasteiger partial charge in [0.1, 0.15) is 0 Å². The third-order valence-electron chi connectivity index (χ3n) is 4.63. The number of carbonyl (C=O) groups excluding carboxylic acids is 1. The second kappa shape index (κ2) is 5.05. The number of aromatic nitrogens is 2. The number of hydrogen-bond acceptors (Lipinski definition) is 3. The highest BCUT2D eigenvalue weighted by atomic mass is 16.1. The number of allylic oxidation sites excluding steroid dienone is 1. The molecule has 0 spiro atoms. The number of rotatable bonds is 3. The van der Waals surface area contributed by atoms with Gasteiger partial charge in [0.25, 0.3) is 0 Å². The van der Waals surface area contributed by atoms with E-state index in [-0.39, 0.29) is 13.3 Å². The van der Waals surface area contributed by atoms with E-state index in [4.69, 9.17) is 0 Å². The average Bonchev–Trinajstić information content (AvgIpc) is 3.10. The summed E-state index contributed by atoms with van der Waals surface area (Å²) in [6, 6.07) is 9.72. The number of fused-ring (bicyclic) bond motifs is 1. The van der Waals surface area contributed by atoms with Crippen LogP contribution < -0.4 is 5.32 Å². The predicted molar refractivity (Wildman–Crippen MR) is 87.2 cm³/mol. The van der Waals surface area contributed by atoms with Gasteiger partial charge in [-0.1, -0.05) is 17.7 Å². The number of aryl methyl sites for hydroxylation is 1. The van der Waals surface area contributed by atoms with Gasteiger partial charge in [-0.3, -0.25) is 4.79 Å². The topological polar surface area (TPSA) is 54.9 Å². The largest absolute Gasteiger partial charge is 0.326 e. The van der Waals surface area contributed by atoms with Crippen molar-refractivity contribution in [2.24, 2.45) is 11.8 Å². The summed E-state index contributed by atoms with van der Waals surface area (Å²) in [5.41, 5.74) is 5.19. The van der Waals surface area contributed by atoms with Crippen LogP contribution in [0.3, 0.4) is 0 Å². The molecule has 112 valence electrons. The van der Waals surface area contributed by atoms with E-state index in [1.807, 2.05) is 37.3 Å². The van der Waals surface area contributed by atoms with E-state index in [0.29, 0.717) is 5.92 Å². The van der Waals surface area contributed by atoms with Crippen LogP contribution in [0.1, 0.15) is 19.8 Å². The molecule has 2 aromatic rings. The molecule has 4 heteroatoms. The van der Waals surface area contributed by atoms with Crippen molar-refractivity contribution in [3.8, 4) is 11.3 Å². The first kappa shape index (κ1) is 13.2. The van der Waals surface area contributed by atoms with Crippen LogP contribution in [0.2, 0.25) is 0 Å². The lowest BCUT2D eigenvalue weighted by Gasteiger charge is -2.23. The Morgan fingerprint density at radius 1 is 1.32 bits per heavy atom. The van der Waals surface area contributed by atoms with Gasteiger partial charge in [0.15, 0.2) is 0 Å². The molecule has 1 atom stereocenters. The highest BCUT2D eigenvalue weighted by Crippen LogP contribution is 2.47. The third kappa shape index (κ3) is 2.21. The maximum atomic E-state index is 12.4. The summed E-state index contributed by atoms with van der Waals surface area (Å²) in [6.45, 7) is 2.03. The van der Waals surface area contributed by atoms with Crippen molar-refractivity contribution in [2.75, 3.05) is 5.32 Å². The Labute approximate surface area is 130 Å². The van der Waals surface area contributed by atoms with Crippen molar-refractivity contribution >= 4 is 11.6 Å². The minimum atomic E-state index is 0. The fraction of sp³-hybridized carbons (Fsp3) is 0.278. The van der Waals surface area contributed by atoms with Gasteiger partial charge in [-0.05, 0) is 55.5 Å². The maximum Gasteiger partial charge on any atom is 0.231 e. The lowest BCUT2D eigenvalue weighted by molar-refractivity contribution is -0.119. The molecule has 5 rings (SSSR count). The standard InChI is InChI=1S/C18H17N3O.H2/c1-11-4-5-14(10-15(11)17-3-2-6-19-21-17)20-18(22)16-9-12-7-13(16)8-12;/h2-6,9-10,13,16H,7-8H2,1H3,(H,20,22);1H. The monoisotopic (exact) mass is 293 g/mol. The van der Waals surface area contributed by atoms with E-state index < -0.39 is 0 Å². The highest BCUT2D eigenvalue weighted by molar-refractivity contribution is 5.95. The molecule has 0 radical (unpaired) electrons. The number of nitrogens with zero attached hydrogens (tertiary/aromatic N) is 2. The minimum Gasteiger partial charge on any atom is -0.326 e. The van der Waals surface area contributed by atoms with Crippen LogP contribution in [-0.2, 0) is 4.79 Å². The molecular formula is C18H19N3O. The number of anilines is 1. The summed E-state index contributed by atoms with van der Waals surface area (Å²) in [6.07, 6.45) is 6.01. The quantitative estimate of drug-likeness (QED) is 0.880. The zero-order chi connectivity index (χ0) is 15.1. The molecule has 1 aromatic heterocycles. The Kier molecular flexibility index (Phi) is 3.03. The number of nitrogens with one attached hydrogen (secondary N) is 1. The zero-order valence-corrected chi connectivity index (χ0v) is 12.4. The van der Waals surface area contributed by atoms with Crippen LogP contribution in [0.4, 0.5) is 5.69 Å². The van der Waals surface area contributed by atoms with E-state index in [2.05, 4.69) is 21.6 Å². The zero-order valence-electron chi connectivity index (χ0n) is 12.4. The van der Waals surface area contributed by atoms with E-state index in [1.165, 1.54) is 5.57 Å². The fourth-order valence-corrected chi connectivity index (χ4v) is 3.33. The van der Waals surface area contributed by atoms with Crippen molar-refractivity contribution < 1.29 is 6.22 Å². The number of carbonyl (C=O) groups is 1. The van der Waals surface area contributed by atoms with Crippen LogP contribution >= 0.6 is 0 Å². The van der Waals surface area contributed by atoms with Gasteiger partial charge < -0.3 is 5.32 Å². The van der Waals surface area contributed by atoms with Crippen LogP contribution in [0, 0.1) is 18.8 Å². The van der Waals surface area contributed by atoms with Gasteiger partial charge >= 0.3 is 0 Å².